The summed E-state index contributed by atoms with van der Waals surface area (Å²) in [6.07, 6.45) is 3.33. The molecule has 0 aliphatic heterocycles. The van der Waals surface area contributed by atoms with Gasteiger partial charge in [0.1, 0.15) is 12.4 Å². The van der Waals surface area contributed by atoms with E-state index in [0.717, 1.165) is 16.9 Å². The van der Waals surface area contributed by atoms with E-state index in [1.807, 2.05) is 61.5 Å². The molecular weight excluding hydrogens is 390 g/mol. The van der Waals surface area contributed by atoms with Gasteiger partial charge in [-0.05, 0) is 65.7 Å². The normalized spacial score (nSPS) is 11.4. The molecule has 3 rings (SSSR count). The molecule has 0 aromatic heterocycles. The molecule has 0 saturated carbocycles. The third-order valence-corrected chi connectivity index (χ3v) is 4.33. The standard InChI is InChI=1S/C26H25NO4/c1-3-29-20(2)27-31-25-16-12-23(13-17-25)26(28)18-11-21-9-14-24(15-10-21)30-19-22-7-5-4-6-8-22/h4-18H,3,19H2,1-2H3/b18-11+,27-20+. The highest BCUT2D eigenvalue weighted by molar-refractivity contribution is 6.06. The maximum absolute atomic E-state index is 12.4. The van der Waals surface area contributed by atoms with Gasteiger partial charge in [0.25, 0.3) is 0 Å². The van der Waals surface area contributed by atoms with Crippen molar-refractivity contribution in [2.45, 2.75) is 20.5 Å². The van der Waals surface area contributed by atoms with Crippen LogP contribution in [0.25, 0.3) is 6.08 Å². The quantitative estimate of drug-likeness (QED) is 0.143. The smallest absolute Gasteiger partial charge is 0.223 e. The van der Waals surface area contributed by atoms with Gasteiger partial charge in [-0.2, -0.15) is 0 Å². The Morgan fingerprint density at radius 3 is 2.26 bits per heavy atom. The lowest BCUT2D eigenvalue weighted by Crippen LogP contribution is -2.01. The second-order valence-corrected chi connectivity index (χ2v) is 6.70. The van der Waals surface area contributed by atoms with Crippen molar-refractivity contribution in [3.63, 3.8) is 0 Å². The topological polar surface area (TPSA) is 57.1 Å². The van der Waals surface area contributed by atoms with E-state index < -0.39 is 0 Å². The van der Waals surface area contributed by atoms with Crippen LogP contribution in [0.5, 0.6) is 11.5 Å². The largest absolute Gasteiger partial charge is 0.489 e. The van der Waals surface area contributed by atoms with Crippen molar-refractivity contribution in [1.82, 2.24) is 0 Å². The highest BCUT2D eigenvalue weighted by atomic mass is 16.6. The van der Waals surface area contributed by atoms with Crippen LogP contribution in [0.3, 0.4) is 0 Å². The highest BCUT2D eigenvalue weighted by Crippen LogP contribution is 2.17. The second kappa shape index (κ2) is 11.4. The number of nitrogens with zero attached hydrogens (tertiary/aromatic N) is 1. The molecule has 5 nitrogen and oxygen atoms in total. The molecule has 3 aromatic carbocycles. The number of carbonyl (C=O) groups is 1. The second-order valence-electron chi connectivity index (χ2n) is 6.70. The van der Waals surface area contributed by atoms with Crippen molar-refractivity contribution >= 4 is 17.8 Å². The molecular formula is C26H25NO4. The molecule has 0 saturated heterocycles. The van der Waals surface area contributed by atoms with Crippen LogP contribution in [0.4, 0.5) is 0 Å². The SMILES string of the molecule is CCO/C(C)=N/Oc1ccc(C(=O)/C=C/c2ccc(OCc3ccccc3)cc2)cc1. The van der Waals surface area contributed by atoms with Crippen molar-refractivity contribution < 1.29 is 19.1 Å². The molecule has 31 heavy (non-hydrogen) atoms. The van der Waals surface area contributed by atoms with E-state index in [1.54, 1.807) is 43.3 Å². The van der Waals surface area contributed by atoms with Gasteiger partial charge in [-0.3, -0.25) is 4.79 Å². The third-order valence-electron chi connectivity index (χ3n) is 4.33. The van der Waals surface area contributed by atoms with E-state index in [9.17, 15) is 4.79 Å². The van der Waals surface area contributed by atoms with Crippen molar-refractivity contribution in [3.05, 3.63) is 102 Å². The zero-order valence-electron chi connectivity index (χ0n) is 17.7. The molecule has 0 spiro atoms. The fourth-order valence-electron chi connectivity index (χ4n) is 2.72. The lowest BCUT2D eigenvalue weighted by atomic mass is 10.1. The number of benzene rings is 3. The lowest BCUT2D eigenvalue weighted by molar-refractivity contribution is 0.104. The maximum atomic E-state index is 12.4. The van der Waals surface area contributed by atoms with E-state index >= 15 is 0 Å². The van der Waals surface area contributed by atoms with Crippen molar-refractivity contribution in [2.75, 3.05) is 6.61 Å². The summed E-state index contributed by atoms with van der Waals surface area (Å²) >= 11 is 0. The summed E-state index contributed by atoms with van der Waals surface area (Å²) in [5.74, 6) is 1.67. The minimum atomic E-state index is -0.0926. The molecule has 0 aliphatic rings. The number of oxime groups is 1. The predicted octanol–water partition coefficient (Wildman–Crippen LogP) is 5.91. The van der Waals surface area contributed by atoms with Crippen LogP contribution in [0, 0.1) is 0 Å². The molecule has 158 valence electrons. The van der Waals surface area contributed by atoms with Gasteiger partial charge >= 0.3 is 0 Å². The van der Waals surface area contributed by atoms with E-state index in [2.05, 4.69) is 5.16 Å². The number of allylic oxidation sites excluding steroid dienone is 1. The van der Waals surface area contributed by atoms with Crippen LogP contribution < -0.4 is 9.57 Å². The molecule has 0 unspecified atom stereocenters. The van der Waals surface area contributed by atoms with Gasteiger partial charge in [0.05, 0.1) is 6.61 Å². The molecule has 0 fully saturated rings. The first-order chi connectivity index (χ1) is 15.1. The van der Waals surface area contributed by atoms with E-state index in [4.69, 9.17) is 14.3 Å². The average molecular weight is 415 g/mol. The molecule has 3 aromatic rings. The zero-order chi connectivity index (χ0) is 21.9. The van der Waals surface area contributed by atoms with Crippen LogP contribution in [0.15, 0.2) is 90.1 Å². The Kier molecular flexibility index (Phi) is 8.00. The van der Waals surface area contributed by atoms with Crippen LogP contribution in [-0.2, 0) is 11.3 Å². The Balaban J connectivity index is 1.52. The molecule has 0 amide bonds. The van der Waals surface area contributed by atoms with Crippen molar-refractivity contribution in [2.24, 2.45) is 5.16 Å². The summed E-state index contributed by atoms with van der Waals surface area (Å²) in [6.45, 7) is 4.64. The van der Waals surface area contributed by atoms with Crippen molar-refractivity contribution in [3.8, 4) is 11.5 Å². The fourth-order valence-corrected chi connectivity index (χ4v) is 2.72. The minimum Gasteiger partial charge on any atom is -0.489 e. The van der Waals surface area contributed by atoms with Gasteiger partial charge in [-0.1, -0.05) is 48.5 Å². The van der Waals surface area contributed by atoms with Gasteiger partial charge in [-0.25, -0.2) is 0 Å². The first-order valence-corrected chi connectivity index (χ1v) is 10.1. The van der Waals surface area contributed by atoms with Gasteiger partial charge < -0.3 is 14.3 Å². The van der Waals surface area contributed by atoms with Crippen LogP contribution in [0.2, 0.25) is 0 Å². The number of hydrogen-bond acceptors (Lipinski definition) is 5. The van der Waals surface area contributed by atoms with E-state index in [0.29, 0.717) is 30.4 Å². The molecule has 0 heterocycles. The summed E-state index contributed by atoms with van der Waals surface area (Å²) in [7, 11) is 0. The van der Waals surface area contributed by atoms with E-state index in [1.165, 1.54) is 0 Å². The van der Waals surface area contributed by atoms with Gasteiger partial charge in [0.15, 0.2) is 11.5 Å². The zero-order valence-corrected chi connectivity index (χ0v) is 17.7. The summed E-state index contributed by atoms with van der Waals surface area (Å²) < 4.78 is 11.0. The molecule has 0 radical (unpaired) electrons. The summed E-state index contributed by atoms with van der Waals surface area (Å²) in [5.41, 5.74) is 2.60. The van der Waals surface area contributed by atoms with E-state index in [-0.39, 0.29) is 5.78 Å². The van der Waals surface area contributed by atoms with Gasteiger partial charge in [-0.15, -0.1) is 0 Å². The average Bonchev–Trinajstić information content (AvgIpc) is 2.82. The predicted molar refractivity (Wildman–Crippen MR) is 122 cm³/mol. The minimum absolute atomic E-state index is 0.0926. The number of carbonyl (C=O) groups excluding carboxylic acids is 1. The van der Waals surface area contributed by atoms with Gasteiger partial charge in [0, 0.05) is 12.5 Å². The van der Waals surface area contributed by atoms with Crippen LogP contribution >= 0.6 is 0 Å². The maximum Gasteiger partial charge on any atom is 0.223 e. The monoisotopic (exact) mass is 415 g/mol. The molecule has 0 atom stereocenters. The first kappa shape index (κ1) is 21.8. The number of hydrogen-bond donors (Lipinski definition) is 0. The number of ether oxygens (including phenoxy) is 2. The summed E-state index contributed by atoms with van der Waals surface area (Å²) in [6, 6.07) is 24.4. The number of rotatable bonds is 9. The Bertz CT molecular complexity index is 1020. The summed E-state index contributed by atoms with van der Waals surface area (Å²) in [4.78, 5) is 17.7. The van der Waals surface area contributed by atoms with Gasteiger partial charge in [0.2, 0.25) is 5.90 Å². The number of ketones is 1. The highest BCUT2D eigenvalue weighted by Gasteiger charge is 2.03. The Morgan fingerprint density at radius 2 is 1.58 bits per heavy atom. The lowest BCUT2D eigenvalue weighted by Gasteiger charge is -2.06. The van der Waals surface area contributed by atoms with Crippen LogP contribution in [-0.4, -0.2) is 18.3 Å². The molecule has 0 N–H and O–H groups in total. The summed E-state index contributed by atoms with van der Waals surface area (Å²) in [5, 5.41) is 3.86. The molecule has 0 aliphatic carbocycles. The van der Waals surface area contributed by atoms with Crippen molar-refractivity contribution in [1.29, 1.82) is 0 Å². The Labute approximate surface area is 182 Å². The third kappa shape index (κ3) is 7.16. The molecule has 5 heteroatoms. The molecule has 0 bridgehead atoms. The Hall–Kier alpha value is -3.86. The first-order valence-electron chi connectivity index (χ1n) is 10.1. The fraction of sp³-hybridized carbons (Fsp3) is 0.154. The Morgan fingerprint density at radius 1 is 0.903 bits per heavy atom. The van der Waals surface area contributed by atoms with Crippen LogP contribution in [0.1, 0.15) is 35.3 Å².